The van der Waals surface area contributed by atoms with E-state index in [1.165, 1.54) is 0 Å². The summed E-state index contributed by atoms with van der Waals surface area (Å²) in [5.74, 6) is 0.654. The first kappa shape index (κ1) is 28.0. The summed E-state index contributed by atoms with van der Waals surface area (Å²) in [7, 11) is 4.73. The largest absolute Gasteiger partial charge is 0.493 e. The van der Waals surface area contributed by atoms with Crippen molar-refractivity contribution in [2.75, 3.05) is 34.5 Å². The van der Waals surface area contributed by atoms with Crippen molar-refractivity contribution in [1.29, 1.82) is 0 Å². The highest BCUT2D eigenvalue weighted by molar-refractivity contribution is 6.30. The van der Waals surface area contributed by atoms with Crippen LogP contribution in [0.15, 0.2) is 72.8 Å². The van der Waals surface area contributed by atoms with Gasteiger partial charge in [-0.1, -0.05) is 60.1 Å². The maximum Gasteiger partial charge on any atom is 0.247 e. The maximum atomic E-state index is 13.9. The molecule has 7 nitrogen and oxygen atoms in total. The van der Waals surface area contributed by atoms with Crippen molar-refractivity contribution in [3.05, 3.63) is 94.5 Å². The molecule has 3 aromatic carbocycles. The van der Waals surface area contributed by atoms with Gasteiger partial charge in [0.15, 0.2) is 11.5 Å². The van der Waals surface area contributed by atoms with Crippen LogP contribution in [0.2, 0.25) is 5.02 Å². The number of hydrogen-bond donors (Lipinski definition) is 1. The van der Waals surface area contributed by atoms with Crippen molar-refractivity contribution in [2.24, 2.45) is 0 Å². The van der Waals surface area contributed by atoms with E-state index in [0.29, 0.717) is 36.1 Å². The molecule has 0 aliphatic heterocycles. The van der Waals surface area contributed by atoms with Gasteiger partial charge in [-0.2, -0.15) is 0 Å². The van der Waals surface area contributed by atoms with Crippen LogP contribution < -0.4 is 14.8 Å². The van der Waals surface area contributed by atoms with E-state index in [9.17, 15) is 9.59 Å². The third-order valence-corrected chi connectivity index (χ3v) is 6.14. The highest BCUT2D eigenvalue weighted by Crippen LogP contribution is 2.29. The summed E-state index contributed by atoms with van der Waals surface area (Å²) in [4.78, 5) is 29.0. The molecule has 0 aromatic heterocycles. The summed E-state index contributed by atoms with van der Waals surface area (Å²) >= 11 is 6.09. The summed E-state index contributed by atoms with van der Waals surface area (Å²) in [6.45, 7) is 1.20. The van der Waals surface area contributed by atoms with Gasteiger partial charge in [-0.25, -0.2) is 0 Å². The molecular formula is C29H33ClN2O5. The summed E-state index contributed by atoms with van der Waals surface area (Å²) in [6.07, 6.45) is 0.745. The van der Waals surface area contributed by atoms with Crippen LogP contribution in [0, 0.1) is 0 Å². The summed E-state index contributed by atoms with van der Waals surface area (Å²) in [5.41, 5.74) is 2.33. The van der Waals surface area contributed by atoms with E-state index in [4.69, 9.17) is 25.8 Å². The molecule has 0 spiro atoms. The summed E-state index contributed by atoms with van der Waals surface area (Å²) in [6, 6.07) is 21.1. The SMILES string of the molecule is COCCCNC(=O)[C@H](c1ccccc1)N(Cc1ccc(Cl)cc1)C(=O)Cc1ccc(OC)c(OC)c1. The van der Waals surface area contributed by atoms with Crippen LogP contribution in [0.4, 0.5) is 0 Å². The fourth-order valence-corrected chi connectivity index (χ4v) is 4.14. The fraction of sp³-hybridized carbons (Fsp3) is 0.310. The Bertz CT molecular complexity index is 1150. The summed E-state index contributed by atoms with van der Waals surface area (Å²) in [5, 5.41) is 3.57. The number of rotatable bonds is 13. The van der Waals surface area contributed by atoms with Crippen molar-refractivity contribution >= 4 is 23.4 Å². The Hall–Kier alpha value is -3.55. The highest BCUT2D eigenvalue weighted by Gasteiger charge is 2.31. The molecule has 3 rings (SSSR count). The van der Waals surface area contributed by atoms with Gasteiger partial charge in [0.05, 0.1) is 20.6 Å². The minimum atomic E-state index is -0.827. The monoisotopic (exact) mass is 524 g/mol. The van der Waals surface area contributed by atoms with Crippen LogP contribution >= 0.6 is 11.6 Å². The third kappa shape index (κ3) is 7.97. The zero-order valence-electron chi connectivity index (χ0n) is 21.4. The van der Waals surface area contributed by atoms with E-state index < -0.39 is 6.04 Å². The van der Waals surface area contributed by atoms with Gasteiger partial charge < -0.3 is 24.4 Å². The standard InChI is InChI=1S/C29H33ClN2O5/c1-35-17-7-16-31-29(34)28(23-8-5-4-6-9-23)32(20-21-10-13-24(30)14-11-21)27(33)19-22-12-15-25(36-2)26(18-22)37-3/h4-6,8-15,18,28H,7,16-17,19-20H2,1-3H3,(H,31,34)/t28-/m0/s1. The van der Waals surface area contributed by atoms with Gasteiger partial charge in [-0.3, -0.25) is 9.59 Å². The van der Waals surface area contributed by atoms with E-state index in [1.807, 2.05) is 48.5 Å². The molecule has 0 bridgehead atoms. The lowest BCUT2D eigenvalue weighted by Gasteiger charge is -2.32. The van der Waals surface area contributed by atoms with Gasteiger partial charge in [-0.15, -0.1) is 0 Å². The first-order chi connectivity index (χ1) is 18.0. The first-order valence-electron chi connectivity index (χ1n) is 12.0. The number of carbonyl (C=O) groups excluding carboxylic acids is 2. The second kappa shape index (κ2) is 14.3. The second-order valence-electron chi connectivity index (χ2n) is 8.46. The molecule has 1 N–H and O–H groups in total. The number of hydrogen-bond acceptors (Lipinski definition) is 5. The number of nitrogens with zero attached hydrogens (tertiary/aromatic N) is 1. The van der Waals surface area contributed by atoms with Crippen LogP contribution in [0.3, 0.4) is 0 Å². The lowest BCUT2D eigenvalue weighted by molar-refractivity contribution is -0.141. The molecule has 196 valence electrons. The predicted octanol–water partition coefficient (Wildman–Crippen LogP) is 4.82. The molecule has 0 unspecified atom stereocenters. The number of ether oxygens (including phenoxy) is 3. The number of nitrogens with one attached hydrogen (secondary N) is 1. The zero-order chi connectivity index (χ0) is 26.6. The molecule has 0 aliphatic rings. The molecule has 0 heterocycles. The molecule has 1 atom stereocenters. The zero-order valence-corrected chi connectivity index (χ0v) is 22.2. The molecule has 3 aromatic rings. The normalized spacial score (nSPS) is 11.5. The Labute approximate surface area is 223 Å². The van der Waals surface area contributed by atoms with Crippen molar-refractivity contribution in [1.82, 2.24) is 10.2 Å². The third-order valence-electron chi connectivity index (χ3n) is 5.89. The molecule has 0 saturated heterocycles. The van der Waals surface area contributed by atoms with Crippen LogP contribution in [-0.2, 0) is 27.3 Å². The molecule has 0 aliphatic carbocycles. The average molecular weight is 525 g/mol. The molecule has 2 amide bonds. The maximum absolute atomic E-state index is 13.9. The van der Waals surface area contributed by atoms with Crippen molar-refractivity contribution in [2.45, 2.75) is 25.4 Å². The minimum Gasteiger partial charge on any atom is -0.493 e. The Balaban J connectivity index is 1.96. The van der Waals surface area contributed by atoms with E-state index in [0.717, 1.165) is 16.7 Å². The van der Waals surface area contributed by atoms with Gasteiger partial charge >= 0.3 is 0 Å². The fourth-order valence-electron chi connectivity index (χ4n) is 4.01. The Kier molecular flexibility index (Phi) is 10.8. The predicted molar refractivity (Wildman–Crippen MR) is 144 cm³/mol. The van der Waals surface area contributed by atoms with E-state index in [1.54, 1.807) is 50.5 Å². The van der Waals surface area contributed by atoms with Crippen molar-refractivity contribution in [3.8, 4) is 11.5 Å². The number of carbonyl (C=O) groups is 2. The Morgan fingerprint density at radius 3 is 2.22 bits per heavy atom. The van der Waals surface area contributed by atoms with E-state index in [-0.39, 0.29) is 24.8 Å². The molecular weight excluding hydrogens is 492 g/mol. The van der Waals surface area contributed by atoms with Gasteiger partial charge in [-0.05, 0) is 47.4 Å². The molecule has 8 heteroatoms. The highest BCUT2D eigenvalue weighted by atomic mass is 35.5. The number of methoxy groups -OCH3 is 3. The number of amides is 2. The molecule has 0 saturated carbocycles. The first-order valence-corrected chi connectivity index (χ1v) is 12.4. The summed E-state index contributed by atoms with van der Waals surface area (Å²) < 4.78 is 15.8. The molecule has 0 radical (unpaired) electrons. The quantitative estimate of drug-likeness (QED) is 0.324. The lowest BCUT2D eigenvalue weighted by Crippen LogP contribution is -2.44. The van der Waals surface area contributed by atoms with Gasteiger partial charge in [0.1, 0.15) is 6.04 Å². The average Bonchev–Trinajstić information content (AvgIpc) is 2.92. The van der Waals surface area contributed by atoms with Crippen molar-refractivity contribution < 1.29 is 23.8 Å². The van der Waals surface area contributed by atoms with E-state index >= 15 is 0 Å². The molecule has 37 heavy (non-hydrogen) atoms. The topological polar surface area (TPSA) is 77.1 Å². The lowest BCUT2D eigenvalue weighted by atomic mass is 10.0. The smallest absolute Gasteiger partial charge is 0.247 e. The second-order valence-corrected chi connectivity index (χ2v) is 8.90. The van der Waals surface area contributed by atoms with Crippen LogP contribution in [-0.4, -0.2) is 51.2 Å². The number of benzene rings is 3. The van der Waals surface area contributed by atoms with Crippen LogP contribution in [0.1, 0.15) is 29.2 Å². The number of halogens is 1. The Morgan fingerprint density at radius 2 is 1.57 bits per heavy atom. The minimum absolute atomic E-state index is 0.0776. The van der Waals surface area contributed by atoms with Crippen molar-refractivity contribution in [3.63, 3.8) is 0 Å². The Morgan fingerprint density at radius 1 is 0.892 bits per heavy atom. The molecule has 0 fully saturated rings. The van der Waals surface area contributed by atoms with Gasteiger partial charge in [0, 0.05) is 31.8 Å². The van der Waals surface area contributed by atoms with Crippen LogP contribution in [0.25, 0.3) is 0 Å². The van der Waals surface area contributed by atoms with Crippen LogP contribution in [0.5, 0.6) is 11.5 Å². The van der Waals surface area contributed by atoms with Gasteiger partial charge in [0.2, 0.25) is 11.8 Å². The van der Waals surface area contributed by atoms with Gasteiger partial charge in [0.25, 0.3) is 0 Å². The van der Waals surface area contributed by atoms with E-state index in [2.05, 4.69) is 5.32 Å².